The Morgan fingerprint density at radius 1 is 1.50 bits per heavy atom. The quantitative estimate of drug-likeness (QED) is 0.784. The van der Waals surface area contributed by atoms with E-state index in [-0.39, 0.29) is 6.10 Å². The molecule has 0 aromatic carbocycles. The zero-order valence-electron chi connectivity index (χ0n) is 9.27. The Hall–Kier alpha value is -0.830. The summed E-state index contributed by atoms with van der Waals surface area (Å²) in [6.45, 7) is 5.99. The molecule has 0 fully saturated rings. The minimum Gasteiger partial charge on any atom is -0.393 e. The van der Waals surface area contributed by atoms with Gasteiger partial charge in [-0.2, -0.15) is 5.10 Å². The molecule has 1 aromatic rings. The van der Waals surface area contributed by atoms with Crippen molar-refractivity contribution in [1.29, 1.82) is 0 Å². The van der Waals surface area contributed by atoms with E-state index < -0.39 is 0 Å². The lowest BCUT2D eigenvalue weighted by atomic mass is 10.1. The molecule has 0 amide bonds. The smallest absolute Gasteiger partial charge is 0.0593 e. The van der Waals surface area contributed by atoms with Crippen molar-refractivity contribution < 1.29 is 5.11 Å². The van der Waals surface area contributed by atoms with Crippen LogP contribution in [-0.4, -0.2) is 21.0 Å². The van der Waals surface area contributed by atoms with Gasteiger partial charge in [0.15, 0.2) is 0 Å². The molecule has 0 saturated heterocycles. The highest BCUT2D eigenvalue weighted by molar-refractivity contribution is 4.96. The highest BCUT2D eigenvalue weighted by Crippen LogP contribution is 2.18. The first kappa shape index (κ1) is 11.2. The van der Waals surface area contributed by atoms with E-state index in [0.29, 0.717) is 6.04 Å². The van der Waals surface area contributed by atoms with Gasteiger partial charge in [-0.3, -0.25) is 4.68 Å². The fourth-order valence-corrected chi connectivity index (χ4v) is 1.59. The molecule has 0 aliphatic rings. The van der Waals surface area contributed by atoms with E-state index in [1.54, 1.807) is 0 Å². The van der Waals surface area contributed by atoms with Gasteiger partial charge in [0.25, 0.3) is 0 Å². The summed E-state index contributed by atoms with van der Waals surface area (Å²) in [5.74, 6) is 0. The molecule has 2 atom stereocenters. The number of hydrogen-bond acceptors (Lipinski definition) is 2. The largest absolute Gasteiger partial charge is 0.393 e. The van der Waals surface area contributed by atoms with Gasteiger partial charge in [0.05, 0.1) is 17.8 Å². The maximum Gasteiger partial charge on any atom is 0.0593 e. The topological polar surface area (TPSA) is 38.0 Å². The second kappa shape index (κ2) is 5.15. The average Bonchev–Trinajstić information content (AvgIpc) is 2.53. The number of aromatic nitrogens is 2. The summed E-state index contributed by atoms with van der Waals surface area (Å²) in [6.07, 6.45) is 4.72. The lowest BCUT2D eigenvalue weighted by Crippen LogP contribution is -2.11. The van der Waals surface area contributed by atoms with E-state index in [0.717, 1.165) is 25.0 Å². The first-order valence-electron chi connectivity index (χ1n) is 5.33. The third-order valence-corrected chi connectivity index (χ3v) is 2.50. The summed E-state index contributed by atoms with van der Waals surface area (Å²) in [7, 11) is 0. The SMILES string of the molecule is CCC(CCC(C)O)n1ccc(C)n1. The van der Waals surface area contributed by atoms with Gasteiger partial charge in [-0.05, 0) is 39.2 Å². The van der Waals surface area contributed by atoms with Crippen LogP contribution in [0.25, 0.3) is 0 Å². The van der Waals surface area contributed by atoms with Gasteiger partial charge >= 0.3 is 0 Å². The zero-order chi connectivity index (χ0) is 10.6. The van der Waals surface area contributed by atoms with E-state index in [9.17, 15) is 5.11 Å². The lowest BCUT2D eigenvalue weighted by Gasteiger charge is -2.16. The number of aryl methyl sites for hydroxylation is 1. The molecule has 1 rings (SSSR count). The second-order valence-electron chi connectivity index (χ2n) is 3.93. The molecule has 0 saturated carbocycles. The van der Waals surface area contributed by atoms with Gasteiger partial charge in [-0.1, -0.05) is 6.92 Å². The minimum atomic E-state index is -0.208. The fraction of sp³-hybridized carbons (Fsp3) is 0.727. The molecule has 3 heteroatoms. The number of aliphatic hydroxyl groups is 1. The Balaban J connectivity index is 2.54. The third kappa shape index (κ3) is 3.14. The molecular weight excluding hydrogens is 176 g/mol. The molecule has 0 spiro atoms. The zero-order valence-corrected chi connectivity index (χ0v) is 9.27. The van der Waals surface area contributed by atoms with Crippen molar-refractivity contribution in [1.82, 2.24) is 9.78 Å². The molecule has 1 N–H and O–H groups in total. The highest BCUT2D eigenvalue weighted by atomic mass is 16.3. The van der Waals surface area contributed by atoms with Gasteiger partial charge < -0.3 is 5.11 Å². The van der Waals surface area contributed by atoms with Gasteiger partial charge in [-0.15, -0.1) is 0 Å². The molecule has 1 aromatic heterocycles. The Morgan fingerprint density at radius 3 is 2.64 bits per heavy atom. The number of aliphatic hydroxyl groups excluding tert-OH is 1. The van der Waals surface area contributed by atoms with Crippen molar-refractivity contribution in [3.63, 3.8) is 0 Å². The Morgan fingerprint density at radius 2 is 2.21 bits per heavy atom. The van der Waals surface area contributed by atoms with Crippen LogP contribution in [0.5, 0.6) is 0 Å². The first-order valence-corrected chi connectivity index (χ1v) is 5.33. The van der Waals surface area contributed by atoms with Crippen molar-refractivity contribution in [3.8, 4) is 0 Å². The molecule has 1 heterocycles. The van der Waals surface area contributed by atoms with E-state index >= 15 is 0 Å². The summed E-state index contributed by atoms with van der Waals surface area (Å²) < 4.78 is 2.01. The highest BCUT2D eigenvalue weighted by Gasteiger charge is 2.10. The maximum atomic E-state index is 9.22. The maximum absolute atomic E-state index is 9.22. The first-order chi connectivity index (χ1) is 6.63. The number of nitrogens with zero attached hydrogens (tertiary/aromatic N) is 2. The molecule has 0 aliphatic heterocycles. The lowest BCUT2D eigenvalue weighted by molar-refractivity contribution is 0.171. The monoisotopic (exact) mass is 196 g/mol. The fourth-order valence-electron chi connectivity index (χ4n) is 1.59. The van der Waals surface area contributed by atoms with Gasteiger partial charge in [0.2, 0.25) is 0 Å². The van der Waals surface area contributed by atoms with Crippen LogP contribution in [-0.2, 0) is 0 Å². The summed E-state index contributed by atoms with van der Waals surface area (Å²) >= 11 is 0. The molecule has 0 aliphatic carbocycles. The molecule has 2 unspecified atom stereocenters. The van der Waals surface area contributed by atoms with Crippen LogP contribution in [0.15, 0.2) is 12.3 Å². The summed E-state index contributed by atoms with van der Waals surface area (Å²) in [4.78, 5) is 0. The van der Waals surface area contributed by atoms with E-state index in [1.165, 1.54) is 0 Å². The molecule has 80 valence electrons. The van der Waals surface area contributed by atoms with E-state index in [4.69, 9.17) is 0 Å². The standard InChI is InChI=1S/C11H20N2O/c1-4-11(6-5-10(3)14)13-8-7-9(2)12-13/h7-8,10-11,14H,4-6H2,1-3H3. The molecule has 14 heavy (non-hydrogen) atoms. The van der Waals surface area contributed by atoms with Crippen LogP contribution in [0.4, 0.5) is 0 Å². The Kier molecular flexibility index (Phi) is 4.14. The molecular formula is C11H20N2O. The van der Waals surface area contributed by atoms with E-state index in [1.807, 2.05) is 30.8 Å². The van der Waals surface area contributed by atoms with Crippen LogP contribution in [0.1, 0.15) is 44.8 Å². The second-order valence-corrected chi connectivity index (χ2v) is 3.93. The molecule has 3 nitrogen and oxygen atoms in total. The predicted octanol–water partition coefficient (Wildman–Crippen LogP) is 2.30. The van der Waals surface area contributed by atoms with Crippen LogP contribution in [0.3, 0.4) is 0 Å². The summed E-state index contributed by atoms with van der Waals surface area (Å²) in [6, 6.07) is 2.45. The Bertz CT molecular complexity index is 268. The van der Waals surface area contributed by atoms with Crippen molar-refractivity contribution in [3.05, 3.63) is 18.0 Å². The number of hydrogen-bond donors (Lipinski definition) is 1. The van der Waals surface area contributed by atoms with Gasteiger partial charge in [0, 0.05) is 6.20 Å². The van der Waals surface area contributed by atoms with Gasteiger partial charge in [-0.25, -0.2) is 0 Å². The van der Waals surface area contributed by atoms with Crippen LogP contribution in [0.2, 0.25) is 0 Å². The average molecular weight is 196 g/mol. The predicted molar refractivity (Wildman–Crippen MR) is 57.2 cm³/mol. The van der Waals surface area contributed by atoms with Crippen molar-refractivity contribution in [2.45, 2.75) is 52.2 Å². The Labute approximate surface area is 85.8 Å². The summed E-state index contributed by atoms with van der Waals surface area (Å²) in [5.41, 5.74) is 1.06. The third-order valence-electron chi connectivity index (χ3n) is 2.50. The number of rotatable bonds is 5. The molecule has 0 radical (unpaired) electrons. The summed E-state index contributed by atoms with van der Waals surface area (Å²) in [5, 5.41) is 13.6. The van der Waals surface area contributed by atoms with E-state index in [2.05, 4.69) is 12.0 Å². The minimum absolute atomic E-state index is 0.208. The van der Waals surface area contributed by atoms with Crippen LogP contribution < -0.4 is 0 Å². The normalized spacial score (nSPS) is 15.4. The van der Waals surface area contributed by atoms with Crippen molar-refractivity contribution in [2.75, 3.05) is 0 Å². The van der Waals surface area contributed by atoms with Crippen LogP contribution >= 0.6 is 0 Å². The molecule has 0 bridgehead atoms. The van der Waals surface area contributed by atoms with Crippen molar-refractivity contribution in [2.24, 2.45) is 0 Å². The van der Waals surface area contributed by atoms with Gasteiger partial charge in [0.1, 0.15) is 0 Å². The van der Waals surface area contributed by atoms with Crippen molar-refractivity contribution >= 4 is 0 Å². The van der Waals surface area contributed by atoms with Crippen LogP contribution in [0, 0.1) is 6.92 Å².